The van der Waals surface area contributed by atoms with Gasteiger partial charge in [0.1, 0.15) is 11.6 Å². The summed E-state index contributed by atoms with van der Waals surface area (Å²) in [4.78, 5) is 9.03. The summed E-state index contributed by atoms with van der Waals surface area (Å²) in [5.74, 6) is 1.46. The fourth-order valence-electron chi connectivity index (χ4n) is 3.46. The summed E-state index contributed by atoms with van der Waals surface area (Å²) in [5, 5.41) is 6.71. The Morgan fingerprint density at radius 1 is 1.03 bits per heavy atom. The number of ether oxygens (including phenoxy) is 1. The van der Waals surface area contributed by atoms with Crippen LogP contribution in [0.1, 0.15) is 5.56 Å². The number of benzene rings is 2. The molecule has 0 unspecified atom stereocenters. The molecule has 1 saturated heterocycles. The minimum atomic E-state index is -0.189. The van der Waals surface area contributed by atoms with Crippen molar-refractivity contribution in [1.82, 2.24) is 15.5 Å². The first-order valence-electron chi connectivity index (χ1n) is 9.99. The van der Waals surface area contributed by atoms with Gasteiger partial charge in [-0.2, -0.15) is 0 Å². The van der Waals surface area contributed by atoms with Crippen LogP contribution in [0.15, 0.2) is 53.5 Å². The van der Waals surface area contributed by atoms with Crippen LogP contribution in [0.2, 0.25) is 0 Å². The predicted octanol–water partition coefficient (Wildman–Crippen LogP) is 2.32. The molecule has 1 fully saturated rings. The number of para-hydroxylation sites is 1. The predicted molar refractivity (Wildman–Crippen MR) is 116 cm³/mol. The second-order valence-corrected chi connectivity index (χ2v) is 6.97. The number of aliphatic imine (C=N–C) groups is 1. The van der Waals surface area contributed by atoms with E-state index in [-0.39, 0.29) is 5.82 Å². The smallest absolute Gasteiger partial charge is 0.191 e. The highest BCUT2D eigenvalue weighted by molar-refractivity contribution is 5.79. The largest absolute Gasteiger partial charge is 0.496 e. The molecule has 2 N–H and O–H groups in total. The molecule has 0 saturated carbocycles. The summed E-state index contributed by atoms with van der Waals surface area (Å²) in [7, 11) is 3.46. The maximum Gasteiger partial charge on any atom is 0.191 e. The molecule has 3 rings (SSSR count). The molecule has 1 aliphatic rings. The zero-order valence-electron chi connectivity index (χ0n) is 17.2. The standard InChI is InChI=1S/C22H30FN5O/c1-24-22(26-17-18-5-3-4-6-21(18)29-2)25-11-12-27-13-15-28(16-14-27)20-9-7-19(23)8-10-20/h3-10H,11-17H2,1-2H3,(H2,24,25,26). The van der Waals surface area contributed by atoms with Crippen LogP contribution < -0.4 is 20.3 Å². The molecule has 0 atom stereocenters. The van der Waals surface area contributed by atoms with Crippen LogP contribution in [0, 0.1) is 5.82 Å². The van der Waals surface area contributed by atoms with Crippen molar-refractivity contribution in [3.63, 3.8) is 0 Å². The van der Waals surface area contributed by atoms with Gasteiger partial charge >= 0.3 is 0 Å². The number of hydrogen-bond acceptors (Lipinski definition) is 4. The van der Waals surface area contributed by atoms with Crippen LogP contribution >= 0.6 is 0 Å². The maximum atomic E-state index is 13.1. The van der Waals surface area contributed by atoms with Crippen molar-refractivity contribution in [3.8, 4) is 5.75 Å². The first kappa shape index (κ1) is 20.9. The van der Waals surface area contributed by atoms with Crippen LogP contribution in [0.5, 0.6) is 5.75 Å². The molecule has 1 aliphatic heterocycles. The third-order valence-electron chi connectivity index (χ3n) is 5.15. The third-order valence-corrected chi connectivity index (χ3v) is 5.15. The topological polar surface area (TPSA) is 52.1 Å². The molecular formula is C22H30FN5O. The van der Waals surface area contributed by atoms with Crippen molar-refractivity contribution in [3.05, 3.63) is 59.9 Å². The summed E-state index contributed by atoms with van der Waals surface area (Å²) in [6.07, 6.45) is 0. The number of nitrogens with zero attached hydrogens (tertiary/aromatic N) is 3. The fraction of sp³-hybridized carbons (Fsp3) is 0.409. The van der Waals surface area contributed by atoms with Gasteiger partial charge in [-0.15, -0.1) is 0 Å². The highest BCUT2D eigenvalue weighted by atomic mass is 19.1. The van der Waals surface area contributed by atoms with Gasteiger partial charge in [0.25, 0.3) is 0 Å². The van der Waals surface area contributed by atoms with Crippen molar-refractivity contribution < 1.29 is 9.13 Å². The summed E-state index contributed by atoms with van der Waals surface area (Å²) in [6.45, 7) is 6.31. The molecule has 2 aromatic carbocycles. The van der Waals surface area contributed by atoms with E-state index < -0.39 is 0 Å². The number of rotatable bonds is 7. The van der Waals surface area contributed by atoms with Gasteiger partial charge in [-0.1, -0.05) is 18.2 Å². The Kier molecular flexibility index (Phi) is 7.69. The van der Waals surface area contributed by atoms with Crippen molar-refractivity contribution >= 4 is 11.6 Å². The molecule has 0 radical (unpaired) electrons. The molecule has 0 aromatic heterocycles. The van der Waals surface area contributed by atoms with E-state index in [1.54, 1.807) is 14.2 Å². The zero-order chi connectivity index (χ0) is 20.5. The molecule has 0 amide bonds. The first-order valence-corrected chi connectivity index (χ1v) is 9.99. The van der Waals surface area contributed by atoms with Gasteiger partial charge in [-0.25, -0.2) is 4.39 Å². The van der Waals surface area contributed by atoms with Crippen molar-refractivity contribution in [2.75, 3.05) is 58.3 Å². The SMILES string of the molecule is CN=C(NCCN1CCN(c2ccc(F)cc2)CC1)NCc1ccccc1OC. The highest BCUT2D eigenvalue weighted by Gasteiger charge is 2.17. The molecular weight excluding hydrogens is 369 g/mol. The van der Waals surface area contributed by atoms with E-state index in [1.807, 2.05) is 36.4 Å². The molecule has 156 valence electrons. The van der Waals surface area contributed by atoms with Crippen molar-refractivity contribution in [1.29, 1.82) is 0 Å². The summed E-state index contributed by atoms with van der Waals surface area (Å²) >= 11 is 0. The number of halogens is 1. The normalized spacial score (nSPS) is 15.3. The number of anilines is 1. The lowest BCUT2D eigenvalue weighted by molar-refractivity contribution is 0.261. The van der Waals surface area contributed by atoms with Gasteiger partial charge in [0.15, 0.2) is 5.96 Å². The van der Waals surface area contributed by atoms with Gasteiger partial charge in [0, 0.05) is 64.1 Å². The Hall–Kier alpha value is -2.80. The van der Waals surface area contributed by atoms with Crippen LogP contribution in [-0.4, -0.2) is 64.3 Å². The minimum absolute atomic E-state index is 0.189. The Balaban J connectivity index is 1.37. The van der Waals surface area contributed by atoms with Crippen LogP contribution in [0.25, 0.3) is 0 Å². The van der Waals surface area contributed by atoms with Crippen molar-refractivity contribution in [2.24, 2.45) is 4.99 Å². The van der Waals surface area contributed by atoms with Gasteiger partial charge in [-0.05, 0) is 30.3 Å². The summed E-state index contributed by atoms with van der Waals surface area (Å²) in [5.41, 5.74) is 2.18. The molecule has 1 heterocycles. The molecule has 2 aromatic rings. The molecule has 0 aliphatic carbocycles. The molecule has 0 bridgehead atoms. The first-order chi connectivity index (χ1) is 14.2. The quantitative estimate of drug-likeness (QED) is 0.553. The molecule has 0 spiro atoms. The van der Waals surface area contributed by atoms with Gasteiger partial charge < -0.3 is 20.3 Å². The number of methoxy groups -OCH3 is 1. The highest BCUT2D eigenvalue weighted by Crippen LogP contribution is 2.17. The Morgan fingerprint density at radius 2 is 1.76 bits per heavy atom. The van der Waals surface area contributed by atoms with E-state index in [0.717, 1.165) is 62.2 Å². The van der Waals surface area contributed by atoms with E-state index in [4.69, 9.17) is 4.74 Å². The van der Waals surface area contributed by atoms with Crippen molar-refractivity contribution in [2.45, 2.75) is 6.54 Å². The summed E-state index contributed by atoms with van der Waals surface area (Å²) < 4.78 is 18.5. The van der Waals surface area contributed by atoms with Crippen LogP contribution in [0.4, 0.5) is 10.1 Å². The lowest BCUT2D eigenvalue weighted by Gasteiger charge is -2.36. The average molecular weight is 400 g/mol. The lowest BCUT2D eigenvalue weighted by Crippen LogP contribution is -2.49. The molecule has 29 heavy (non-hydrogen) atoms. The van der Waals surface area contributed by atoms with E-state index >= 15 is 0 Å². The Bertz CT molecular complexity index is 788. The molecule has 7 heteroatoms. The lowest BCUT2D eigenvalue weighted by atomic mass is 10.2. The Morgan fingerprint density at radius 3 is 2.45 bits per heavy atom. The number of hydrogen-bond donors (Lipinski definition) is 2. The Labute approximate surface area is 172 Å². The zero-order valence-corrected chi connectivity index (χ0v) is 17.2. The van der Waals surface area contributed by atoms with E-state index in [2.05, 4.69) is 25.4 Å². The second kappa shape index (κ2) is 10.7. The fourth-order valence-corrected chi connectivity index (χ4v) is 3.46. The third kappa shape index (κ3) is 6.09. The maximum absolute atomic E-state index is 13.1. The van der Waals surface area contributed by atoms with E-state index in [9.17, 15) is 4.39 Å². The van der Waals surface area contributed by atoms with E-state index in [0.29, 0.717) is 6.54 Å². The summed E-state index contributed by atoms with van der Waals surface area (Å²) in [6, 6.07) is 14.7. The number of nitrogens with one attached hydrogen (secondary N) is 2. The van der Waals surface area contributed by atoms with Gasteiger partial charge in [-0.3, -0.25) is 9.89 Å². The molecule has 6 nitrogen and oxygen atoms in total. The monoisotopic (exact) mass is 399 g/mol. The number of piperazine rings is 1. The van der Waals surface area contributed by atoms with E-state index in [1.165, 1.54) is 12.1 Å². The van der Waals surface area contributed by atoms with Crippen LogP contribution in [0.3, 0.4) is 0 Å². The second-order valence-electron chi connectivity index (χ2n) is 6.97. The van der Waals surface area contributed by atoms with Gasteiger partial charge in [0.2, 0.25) is 0 Å². The minimum Gasteiger partial charge on any atom is -0.496 e. The average Bonchev–Trinajstić information content (AvgIpc) is 2.77. The van der Waals surface area contributed by atoms with Gasteiger partial charge in [0.05, 0.1) is 7.11 Å². The van der Waals surface area contributed by atoms with Crippen LogP contribution in [-0.2, 0) is 6.54 Å². The number of guanidine groups is 1.